The maximum atomic E-state index is 11.6. The van der Waals surface area contributed by atoms with Crippen molar-refractivity contribution < 1.29 is 14.7 Å². The third kappa shape index (κ3) is 5.15. The molecule has 2 amide bonds. The van der Waals surface area contributed by atoms with E-state index < -0.39 is 12.0 Å². The normalized spacial score (nSPS) is 10.3. The number of nitrogens with one attached hydrogen (secondary N) is 2. The highest BCUT2D eigenvalue weighted by Crippen LogP contribution is 2.22. The number of hydrogen-bond acceptors (Lipinski definition) is 3. The van der Waals surface area contributed by atoms with Crippen LogP contribution in [0.25, 0.3) is 0 Å². The topological polar surface area (TPSA) is 81.7 Å². The quantitative estimate of drug-likeness (QED) is 0.769. The molecule has 0 heterocycles. The van der Waals surface area contributed by atoms with Gasteiger partial charge in [0.25, 0.3) is 0 Å². The van der Waals surface area contributed by atoms with Gasteiger partial charge in [-0.2, -0.15) is 0 Å². The molecule has 0 atom stereocenters. The van der Waals surface area contributed by atoms with Crippen LogP contribution in [0.15, 0.2) is 18.2 Å². The number of urea groups is 1. The van der Waals surface area contributed by atoms with E-state index in [9.17, 15) is 9.59 Å². The number of carbonyl (C=O) groups is 2. The van der Waals surface area contributed by atoms with Gasteiger partial charge in [-0.3, -0.25) is 0 Å². The minimum Gasteiger partial charge on any atom is -0.478 e. The lowest BCUT2D eigenvalue weighted by Gasteiger charge is -2.12. The summed E-state index contributed by atoms with van der Waals surface area (Å²) < 4.78 is 0. The van der Waals surface area contributed by atoms with Crippen molar-refractivity contribution in [1.82, 2.24) is 10.2 Å². The van der Waals surface area contributed by atoms with E-state index in [4.69, 9.17) is 16.7 Å². The summed E-state index contributed by atoms with van der Waals surface area (Å²) in [6.07, 6.45) is 0. The van der Waals surface area contributed by atoms with E-state index in [0.29, 0.717) is 13.1 Å². The highest BCUT2D eigenvalue weighted by Gasteiger charge is 2.09. The number of benzene rings is 1. The third-order valence-corrected chi connectivity index (χ3v) is 2.64. The van der Waals surface area contributed by atoms with Gasteiger partial charge in [-0.1, -0.05) is 11.6 Å². The summed E-state index contributed by atoms with van der Waals surface area (Å²) in [4.78, 5) is 24.3. The van der Waals surface area contributed by atoms with Crippen molar-refractivity contribution in [2.24, 2.45) is 0 Å². The van der Waals surface area contributed by atoms with Crippen LogP contribution in [0.2, 0.25) is 5.02 Å². The number of carboxylic acid groups (broad SMARTS) is 1. The minimum absolute atomic E-state index is 0.0630. The molecule has 19 heavy (non-hydrogen) atoms. The fraction of sp³-hybridized carbons (Fsp3) is 0.333. The van der Waals surface area contributed by atoms with Gasteiger partial charge in [-0.05, 0) is 32.3 Å². The molecule has 0 aliphatic carbocycles. The molecule has 0 fully saturated rings. The second-order valence-corrected chi connectivity index (χ2v) is 4.59. The Kier molecular flexibility index (Phi) is 5.59. The Bertz CT molecular complexity index is 477. The minimum atomic E-state index is -1.08. The van der Waals surface area contributed by atoms with Gasteiger partial charge < -0.3 is 20.6 Å². The van der Waals surface area contributed by atoms with Gasteiger partial charge in [0, 0.05) is 13.1 Å². The number of carbonyl (C=O) groups excluding carboxylic acids is 1. The lowest BCUT2D eigenvalue weighted by molar-refractivity contribution is 0.0697. The molecule has 0 radical (unpaired) electrons. The van der Waals surface area contributed by atoms with Gasteiger partial charge in [0.05, 0.1) is 16.3 Å². The lowest BCUT2D eigenvalue weighted by Crippen LogP contribution is -2.34. The molecule has 0 saturated heterocycles. The van der Waals surface area contributed by atoms with Crippen LogP contribution in [0, 0.1) is 0 Å². The van der Waals surface area contributed by atoms with Crippen LogP contribution in [-0.4, -0.2) is 49.2 Å². The van der Waals surface area contributed by atoms with E-state index in [1.165, 1.54) is 18.2 Å². The second kappa shape index (κ2) is 6.96. The molecule has 0 saturated carbocycles. The molecule has 1 aromatic rings. The van der Waals surface area contributed by atoms with Crippen LogP contribution in [0.5, 0.6) is 0 Å². The van der Waals surface area contributed by atoms with E-state index >= 15 is 0 Å². The molecular weight excluding hydrogens is 270 g/mol. The van der Waals surface area contributed by atoms with Crippen LogP contribution in [0.3, 0.4) is 0 Å². The summed E-state index contributed by atoms with van der Waals surface area (Å²) in [5.41, 5.74) is 0.330. The van der Waals surface area contributed by atoms with Crippen molar-refractivity contribution in [3.63, 3.8) is 0 Å². The summed E-state index contributed by atoms with van der Waals surface area (Å²) in [7, 11) is 3.79. The number of likely N-dealkylation sites (N-methyl/N-ethyl adjacent to an activating group) is 1. The Balaban J connectivity index is 2.63. The van der Waals surface area contributed by atoms with Gasteiger partial charge in [0.15, 0.2) is 0 Å². The Labute approximate surface area is 116 Å². The van der Waals surface area contributed by atoms with Gasteiger partial charge in [-0.25, -0.2) is 9.59 Å². The van der Waals surface area contributed by atoms with E-state index in [2.05, 4.69) is 10.6 Å². The number of nitrogens with zero attached hydrogens (tertiary/aromatic N) is 1. The molecule has 3 N–H and O–H groups in total. The standard InChI is InChI=1S/C12H16ClN3O3/c1-16(2)6-5-14-12(19)15-10-7-8(11(17)18)3-4-9(10)13/h3-4,7H,5-6H2,1-2H3,(H,17,18)(H2,14,15,19). The zero-order valence-corrected chi connectivity index (χ0v) is 11.5. The molecule has 1 aromatic carbocycles. The van der Waals surface area contributed by atoms with Crippen molar-refractivity contribution in [2.45, 2.75) is 0 Å². The molecule has 0 aromatic heterocycles. The predicted octanol–water partition coefficient (Wildman–Crippen LogP) is 1.72. The highest BCUT2D eigenvalue weighted by molar-refractivity contribution is 6.33. The van der Waals surface area contributed by atoms with Crippen LogP contribution in [0.4, 0.5) is 10.5 Å². The number of carboxylic acids is 1. The molecule has 0 bridgehead atoms. The maximum absolute atomic E-state index is 11.6. The van der Waals surface area contributed by atoms with Crippen LogP contribution >= 0.6 is 11.6 Å². The summed E-state index contributed by atoms with van der Waals surface area (Å²) in [6, 6.07) is 3.70. The summed E-state index contributed by atoms with van der Waals surface area (Å²) in [5.74, 6) is -1.08. The van der Waals surface area contributed by atoms with Crippen LogP contribution in [0.1, 0.15) is 10.4 Å². The molecule has 0 spiro atoms. The summed E-state index contributed by atoms with van der Waals surface area (Å²) in [5, 5.41) is 14.3. The average Bonchev–Trinajstić information content (AvgIpc) is 2.31. The molecule has 1 rings (SSSR count). The van der Waals surface area contributed by atoms with Gasteiger partial charge in [0.1, 0.15) is 0 Å². The number of halogens is 1. The van der Waals surface area contributed by atoms with E-state index in [0.717, 1.165) is 0 Å². The third-order valence-electron chi connectivity index (χ3n) is 2.31. The fourth-order valence-electron chi connectivity index (χ4n) is 1.31. The Hall–Kier alpha value is -1.79. The lowest BCUT2D eigenvalue weighted by atomic mass is 10.2. The van der Waals surface area contributed by atoms with E-state index in [1.54, 1.807) is 0 Å². The molecular formula is C12H16ClN3O3. The zero-order chi connectivity index (χ0) is 14.4. The first kappa shape index (κ1) is 15.3. The predicted molar refractivity (Wildman–Crippen MR) is 74.0 cm³/mol. The number of aromatic carboxylic acids is 1. The molecule has 0 unspecified atom stereocenters. The number of anilines is 1. The summed E-state index contributed by atoms with van der Waals surface area (Å²) in [6.45, 7) is 1.19. The monoisotopic (exact) mass is 285 g/mol. The average molecular weight is 286 g/mol. The molecule has 0 aliphatic heterocycles. The SMILES string of the molecule is CN(C)CCNC(=O)Nc1cc(C(=O)O)ccc1Cl. The first-order chi connectivity index (χ1) is 8.90. The van der Waals surface area contributed by atoms with Crippen LogP contribution in [-0.2, 0) is 0 Å². The molecule has 7 heteroatoms. The van der Waals surface area contributed by atoms with Crippen molar-refractivity contribution >= 4 is 29.3 Å². The number of amides is 2. The first-order valence-corrected chi connectivity index (χ1v) is 6.00. The van der Waals surface area contributed by atoms with Crippen molar-refractivity contribution in [3.05, 3.63) is 28.8 Å². The second-order valence-electron chi connectivity index (χ2n) is 4.18. The largest absolute Gasteiger partial charge is 0.478 e. The number of rotatable bonds is 5. The maximum Gasteiger partial charge on any atom is 0.335 e. The molecule has 6 nitrogen and oxygen atoms in total. The zero-order valence-electron chi connectivity index (χ0n) is 10.7. The Morgan fingerprint density at radius 1 is 1.37 bits per heavy atom. The number of hydrogen-bond donors (Lipinski definition) is 3. The van der Waals surface area contributed by atoms with Gasteiger partial charge in [-0.15, -0.1) is 0 Å². The first-order valence-electron chi connectivity index (χ1n) is 5.62. The van der Waals surface area contributed by atoms with Crippen LogP contribution < -0.4 is 10.6 Å². The van der Waals surface area contributed by atoms with E-state index in [-0.39, 0.29) is 16.3 Å². The van der Waals surface area contributed by atoms with Crippen molar-refractivity contribution in [3.8, 4) is 0 Å². The Morgan fingerprint density at radius 2 is 2.05 bits per heavy atom. The fourth-order valence-corrected chi connectivity index (χ4v) is 1.48. The molecule has 0 aliphatic rings. The Morgan fingerprint density at radius 3 is 2.63 bits per heavy atom. The van der Waals surface area contributed by atoms with Gasteiger partial charge in [0.2, 0.25) is 0 Å². The van der Waals surface area contributed by atoms with Crippen molar-refractivity contribution in [1.29, 1.82) is 0 Å². The van der Waals surface area contributed by atoms with Crippen molar-refractivity contribution in [2.75, 3.05) is 32.5 Å². The molecule has 104 valence electrons. The highest BCUT2D eigenvalue weighted by atomic mass is 35.5. The smallest absolute Gasteiger partial charge is 0.335 e. The summed E-state index contributed by atoms with van der Waals surface area (Å²) >= 11 is 5.89. The van der Waals surface area contributed by atoms with E-state index in [1.807, 2.05) is 19.0 Å². The van der Waals surface area contributed by atoms with Gasteiger partial charge >= 0.3 is 12.0 Å².